The normalized spacial score (nSPS) is 24.8. The SMILES string of the molecule is CCN1CCOC(CNS(=O)(=O)C(C)CO)C1. The molecule has 17 heavy (non-hydrogen) atoms. The van der Waals surface area contributed by atoms with Crippen LogP contribution in [0.5, 0.6) is 0 Å². The third-order valence-corrected chi connectivity index (χ3v) is 4.75. The number of sulfonamides is 1. The lowest BCUT2D eigenvalue weighted by atomic mass is 10.3. The summed E-state index contributed by atoms with van der Waals surface area (Å²) in [5, 5.41) is 8.04. The first-order valence-electron chi connectivity index (χ1n) is 5.93. The van der Waals surface area contributed by atoms with E-state index in [2.05, 4.69) is 16.5 Å². The van der Waals surface area contributed by atoms with Crippen molar-refractivity contribution in [1.82, 2.24) is 9.62 Å². The van der Waals surface area contributed by atoms with E-state index in [4.69, 9.17) is 9.84 Å². The number of ether oxygens (including phenoxy) is 1. The molecular weight excluding hydrogens is 244 g/mol. The van der Waals surface area contributed by atoms with Gasteiger partial charge in [0.2, 0.25) is 10.0 Å². The summed E-state index contributed by atoms with van der Waals surface area (Å²) in [6, 6.07) is 0. The molecule has 0 aliphatic carbocycles. The molecule has 1 aliphatic heterocycles. The van der Waals surface area contributed by atoms with Crippen LogP contribution in [0, 0.1) is 0 Å². The molecule has 0 bridgehead atoms. The van der Waals surface area contributed by atoms with Crippen molar-refractivity contribution in [1.29, 1.82) is 0 Å². The maximum absolute atomic E-state index is 11.6. The zero-order valence-corrected chi connectivity index (χ0v) is 11.2. The van der Waals surface area contributed by atoms with Crippen molar-refractivity contribution in [2.45, 2.75) is 25.2 Å². The molecule has 7 heteroatoms. The highest BCUT2D eigenvalue weighted by atomic mass is 32.2. The Bertz CT molecular complexity index is 320. The van der Waals surface area contributed by atoms with Crippen LogP contribution in [0.4, 0.5) is 0 Å². The van der Waals surface area contributed by atoms with E-state index in [9.17, 15) is 8.42 Å². The van der Waals surface area contributed by atoms with Gasteiger partial charge in [-0.25, -0.2) is 13.1 Å². The molecule has 0 aromatic rings. The van der Waals surface area contributed by atoms with Crippen molar-refractivity contribution in [3.8, 4) is 0 Å². The molecule has 0 aromatic carbocycles. The number of hydrogen-bond acceptors (Lipinski definition) is 5. The summed E-state index contributed by atoms with van der Waals surface area (Å²) < 4.78 is 31.2. The van der Waals surface area contributed by atoms with E-state index in [1.54, 1.807) is 0 Å². The molecule has 2 unspecified atom stereocenters. The van der Waals surface area contributed by atoms with E-state index < -0.39 is 15.3 Å². The average Bonchev–Trinajstić information content (AvgIpc) is 2.35. The zero-order valence-electron chi connectivity index (χ0n) is 10.4. The number of aliphatic hydroxyl groups excluding tert-OH is 1. The number of nitrogens with one attached hydrogen (secondary N) is 1. The molecule has 0 aromatic heterocycles. The fourth-order valence-electron chi connectivity index (χ4n) is 1.64. The fraction of sp³-hybridized carbons (Fsp3) is 1.00. The predicted molar refractivity (Wildman–Crippen MR) is 65.3 cm³/mol. The topological polar surface area (TPSA) is 78.9 Å². The van der Waals surface area contributed by atoms with Crippen molar-refractivity contribution >= 4 is 10.0 Å². The number of aliphatic hydroxyl groups is 1. The van der Waals surface area contributed by atoms with Gasteiger partial charge in [0.25, 0.3) is 0 Å². The minimum absolute atomic E-state index is 0.107. The Hall–Kier alpha value is -0.210. The van der Waals surface area contributed by atoms with Crippen molar-refractivity contribution in [3.63, 3.8) is 0 Å². The van der Waals surface area contributed by atoms with Gasteiger partial charge in [0, 0.05) is 19.6 Å². The van der Waals surface area contributed by atoms with Gasteiger partial charge in [0.1, 0.15) is 0 Å². The maximum atomic E-state index is 11.6. The van der Waals surface area contributed by atoms with Gasteiger partial charge in [0.05, 0.1) is 24.6 Å². The zero-order chi connectivity index (χ0) is 12.9. The largest absolute Gasteiger partial charge is 0.395 e. The second-order valence-electron chi connectivity index (χ2n) is 4.27. The smallest absolute Gasteiger partial charge is 0.216 e. The van der Waals surface area contributed by atoms with Gasteiger partial charge < -0.3 is 9.84 Å². The third-order valence-electron chi connectivity index (χ3n) is 2.97. The summed E-state index contributed by atoms with van der Waals surface area (Å²) >= 11 is 0. The van der Waals surface area contributed by atoms with Crippen LogP contribution >= 0.6 is 0 Å². The van der Waals surface area contributed by atoms with E-state index >= 15 is 0 Å². The standard InChI is InChI=1S/C10H22N2O4S/c1-3-12-4-5-16-10(7-12)6-11-17(14,15)9(2)8-13/h9-11,13H,3-8H2,1-2H3. The van der Waals surface area contributed by atoms with Gasteiger partial charge in [0.15, 0.2) is 0 Å². The second-order valence-corrected chi connectivity index (χ2v) is 6.46. The summed E-state index contributed by atoms with van der Waals surface area (Å²) in [6.07, 6.45) is -0.107. The van der Waals surface area contributed by atoms with Gasteiger partial charge in [-0.05, 0) is 13.5 Å². The molecule has 2 N–H and O–H groups in total. The van der Waals surface area contributed by atoms with Gasteiger partial charge in [-0.15, -0.1) is 0 Å². The Kier molecular flexibility index (Phi) is 5.81. The number of morpholine rings is 1. The Morgan fingerprint density at radius 1 is 1.59 bits per heavy atom. The summed E-state index contributed by atoms with van der Waals surface area (Å²) in [6.45, 7) is 6.66. The van der Waals surface area contributed by atoms with Crippen LogP contribution in [0.15, 0.2) is 0 Å². The Morgan fingerprint density at radius 3 is 2.88 bits per heavy atom. The number of rotatable bonds is 6. The number of likely N-dealkylation sites (N-methyl/N-ethyl adjacent to an activating group) is 1. The third kappa shape index (κ3) is 4.51. The minimum Gasteiger partial charge on any atom is -0.395 e. The van der Waals surface area contributed by atoms with Crippen molar-refractivity contribution in [2.24, 2.45) is 0 Å². The van der Waals surface area contributed by atoms with Crippen LogP contribution in [0.2, 0.25) is 0 Å². The molecule has 6 nitrogen and oxygen atoms in total. The molecular formula is C10H22N2O4S. The van der Waals surface area contributed by atoms with E-state index in [1.165, 1.54) is 6.92 Å². The first kappa shape index (κ1) is 14.8. The van der Waals surface area contributed by atoms with E-state index in [0.717, 1.165) is 19.6 Å². The van der Waals surface area contributed by atoms with Crippen molar-refractivity contribution in [2.75, 3.05) is 39.4 Å². The van der Waals surface area contributed by atoms with E-state index in [0.29, 0.717) is 6.61 Å². The van der Waals surface area contributed by atoms with Crippen molar-refractivity contribution < 1.29 is 18.3 Å². The van der Waals surface area contributed by atoms with Gasteiger partial charge in [-0.3, -0.25) is 4.90 Å². The highest BCUT2D eigenvalue weighted by Crippen LogP contribution is 2.05. The molecule has 0 radical (unpaired) electrons. The number of hydrogen-bond donors (Lipinski definition) is 2. The molecule has 2 atom stereocenters. The van der Waals surface area contributed by atoms with Crippen molar-refractivity contribution in [3.05, 3.63) is 0 Å². The van der Waals surface area contributed by atoms with Crippen LogP contribution in [0.3, 0.4) is 0 Å². The Morgan fingerprint density at radius 2 is 2.29 bits per heavy atom. The molecule has 1 saturated heterocycles. The van der Waals surface area contributed by atoms with Crippen LogP contribution < -0.4 is 4.72 Å². The lowest BCUT2D eigenvalue weighted by Crippen LogP contribution is -2.48. The molecule has 0 spiro atoms. The quantitative estimate of drug-likeness (QED) is 0.645. The molecule has 0 amide bonds. The van der Waals surface area contributed by atoms with Gasteiger partial charge in [-0.2, -0.15) is 0 Å². The first-order chi connectivity index (χ1) is 7.99. The number of nitrogens with zero attached hydrogens (tertiary/aromatic N) is 1. The lowest BCUT2D eigenvalue weighted by molar-refractivity contribution is -0.0229. The summed E-state index contributed by atoms with van der Waals surface area (Å²) in [5.41, 5.74) is 0. The van der Waals surface area contributed by atoms with E-state index in [1.807, 2.05) is 0 Å². The molecule has 1 fully saturated rings. The Balaban J connectivity index is 2.40. The molecule has 1 aliphatic rings. The second kappa shape index (κ2) is 6.65. The summed E-state index contributed by atoms with van der Waals surface area (Å²) in [5.74, 6) is 0. The van der Waals surface area contributed by atoms with Gasteiger partial charge in [-0.1, -0.05) is 6.92 Å². The Labute approximate surface area is 103 Å². The fourth-order valence-corrected chi connectivity index (χ4v) is 2.54. The summed E-state index contributed by atoms with van der Waals surface area (Å²) in [4.78, 5) is 2.22. The van der Waals surface area contributed by atoms with Crippen LogP contribution in [-0.4, -0.2) is 69.2 Å². The lowest BCUT2D eigenvalue weighted by Gasteiger charge is -2.32. The average molecular weight is 266 g/mol. The highest BCUT2D eigenvalue weighted by Gasteiger charge is 2.24. The molecule has 0 saturated carbocycles. The highest BCUT2D eigenvalue weighted by molar-refractivity contribution is 7.90. The maximum Gasteiger partial charge on any atom is 0.216 e. The van der Waals surface area contributed by atoms with Crippen LogP contribution in [-0.2, 0) is 14.8 Å². The van der Waals surface area contributed by atoms with Crippen LogP contribution in [0.1, 0.15) is 13.8 Å². The molecule has 1 rings (SSSR count). The molecule has 1 heterocycles. The van der Waals surface area contributed by atoms with Gasteiger partial charge >= 0.3 is 0 Å². The first-order valence-corrected chi connectivity index (χ1v) is 7.47. The minimum atomic E-state index is -3.43. The monoisotopic (exact) mass is 266 g/mol. The predicted octanol–water partition coefficient (Wildman–Crippen LogP) is -0.993. The molecule has 102 valence electrons. The van der Waals surface area contributed by atoms with E-state index in [-0.39, 0.29) is 19.3 Å². The van der Waals surface area contributed by atoms with Crippen LogP contribution in [0.25, 0.3) is 0 Å². The summed E-state index contributed by atoms with van der Waals surface area (Å²) in [7, 11) is -3.43.